The van der Waals surface area contributed by atoms with Crippen LogP contribution in [0.3, 0.4) is 0 Å². The molecule has 110 valence electrons. The maximum atomic E-state index is 14.4. The zero-order valence-corrected chi connectivity index (χ0v) is 11.9. The predicted molar refractivity (Wildman–Crippen MR) is 76.0 cm³/mol. The molecule has 0 unspecified atom stereocenters. The van der Waals surface area contributed by atoms with Crippen LogP contribution in [0.25, 0.3) is 10.9 Å². The number of fused-ring (bicyclic) bond motifs is 1. The summed E-state index contributed by atoms with van der Waals surface area (Å²) < 4.78 is 27.8. The van der Waals surface area contributed by atoms with Gasteiger partial charge in [-0.15, -0.1) is 0 Å². The monoisotopic (exact) mass is 311 g/mol. The van der Waals surface area contributed by atoms with E-state index in [0.29, 0.717) is 12.3 Å². The van der Waals surface area contributed by atoms with E-state index in [1.807, 2.05) is 6.92 Å². The van der Waals surface area contributed by atoms with Crippen LogP contribution in [0, 0.1) is 23.0 Å². The number of amides is 1. The third-order valence-corrected chi connectivity index (χ3v) is 4.11. The van der Waals surface area contributed by atoms with Crippen molar-refractivity contribution in [1.29, 1.82) is 5.41 Å². The Labute approximate surface area is 124 Å². The molecule has 1 atom stereocenters. The number of nitrogens with one attached hydrogen (secondary N) is 2. The maximum absolute atomic E-state index is 14.4. The van der Waals surface area contributed by atoms with Crippen LogP contribution in [-0.4, -0.2) is 34.6 Å². The van der Waals surface area contributed by atoms with Gasteiger partial charge in [0.1, 0.15) is 11.5 Å². The van der Waals surface area contributed by atoms with Crippen molar-refractivity contribution < 1.29 is 13.6 Å². The number of likely N-dealkylation sites (tertiary alicyclic amines) is 1. The summed E-state index contributed by atoms with van der Waals surface area (Å²) in [6.45, 7) is 2.38. The number of nitrogens with zero attached hydrogens (tertiary/aromatic N) is 1. The first-order chi connectivity index (χ1) is 9.90. The minimum atomic E-state index is -0.856. The standard InChI is InChI=1S/C14H12ClF2N3O/c1-6-4-20(5-8(6)18)14(21)13-12(17)10-9(19-13)3-2-7(16)11(10)15/h2-3,6,18-19H,4-5H2,1H3/t6-/m1/s1. The van der Waals surface area contributed by atoms with Crippen LogP contribution in [-0.2, 0) is 0 Å². The Hall–Kier alpha value is -1.95. The van der Waals surface area contributed by atoms with Gasteiger partial charge in [0.25, 0.3) is 5.91 Å². The summed E-state index contributed by atoms with van der Waals surface area (Å²) in [5, 5.41) is 7.23. The minimum Gasteiger partial charge on any atom is -0.348 e. The van der Waals surface area contributed by atoms with E-state index in [1.165, 1.54) is 11.0 Å². The molecule has 1 amide bonds. The van der Waals surface area contributed by atoms with E-state index in [4.69, 9.17) is 17.0 Å². The first-order valence-electron chi connectivity index (χ1n) is 6.42. The lowest BCUT2D eigenvalue weighted by atomic mass is 10.1. The van der Waals surface area contributed by atoms with Crippen LogP contribution >= 0.6 is 11.6 Å². The number of carbonyl (C=O) groups excluding carboxylic acids is 1. The number of benzene rings is 1. The molecule has 1 aromatic carbocycles. The fraction of sp³-hybridized carbons (Fsp3) is 0.286. The Morgan fingerprint density at radius 1 is 1.48 bits per heavy atom. The SMILES string of the molecule is C[C@@H]1CN(C(=O)c2[nH]c3ccc(F)c(Cl)c3c2F)CC1=N. The molecule has 1 aromatic heterocycles. The van der Waals surface area contributed by atoms with Gasteiger partial charge in [-0.25, -0.2) is 8.78 Å². The summed E-state index contributed by atoms with van der Waals surface area (Å²) in [5.74, 6) is -2.18. The highest BCUT2D eigenvalue weighted by atomic mass is 35.5. The van der Waals surface area contributed by atoms with Gasteiger partial charge in [-0.2, -0.15) is 0 Å². The van der Waals surface area contributed by atoms with Crippen molar-refractivity contribution in [2.24, 2.45) is 5.92 Å². The minimum absolute atomic E-state index is 0.0394. The molecule has 21 heavy (non-hydrogen) atoms. The number of carbonyl (C=O) groups is 1. The highest BCUT2D eigenvalue weighted by molar-refractivity contribution is 6.35. The van der Waals surface area contributed by atoms with Gasteiger partial charge >= 0.3 is 0 Å². The Bertz CT molecular complexity index is 771. The summed E-state index contributed by atoms with van der Waals surface area (Å²) in [7, 11) is 0. The third-order valence-electron chi connectivity index (χ3n) is 3.74. The van der Waals surface area contributed by atoms with Crippen LogP contribution < -0.4 is 0 Å². The zero-order valence-electron chi connectivity index (χ0n) is 11.1. The van der Waals surface area contributed by atoms with Crippen molar-refractivity contribution in [3.63, 3.8) is 0 Å². The molecule has 3 rings (SSSR count). The number of hydrogen-bond donors (Lipinski definition) is 2. The Morgan fingerprint density at radius 2 is 2.19 bits per heavy atom. The number of aromatic amines is 1. The molecular formula is C14H12ClF2N3O. The molecule has 1 aliphatic heterocycles. The fourth-order valence-electron chi connectivity index (χ4n) is 2.51. The molecule has 4 nitrogen and oxygen atoms in total. The van der Waals surface area contributed by atoms with Crippen molar-refractivity contribution in [3.05, 3.63) is 34.5 Å². The topological polar surface area (TPSA) is 60.0 Å². The number of H-pyrrole nitrogens is 1. The van der Waals surface area contributed by atoms with Crippen molar-refractivity contribution >= 4 is 34.1 Å². The van der Waals surface area contributed by atoms with Gasteiger partial charge in [0.15, 0.2) is 5.82 Å². The average molecular weight is 312 g/mol. The lowest BCUT2D eigenvalue weighted by Crippen LogP contribution is -2.29. The zero-order chi connectivity index (χ0) is 15.3. The average Bonchev–Trinajstić information content (AvgIpc) is 2.95. The molecule has 2 aromatic rings. The number of rotatable bonds is 1. The summed E-state index contributed by atoms with van der Waals surface area (Å²) >= 11 is 5.76. The molecule has 7 heteroatoms. The Kier molecular flexibility index (Phi) is 3.20. The number of aromatic nitrogens is 1. The van der Waals surface area contributed by atoms with Gasteiger partial charge in [-0.05, 0) is 12.1 Å². The second-order valence-corrected chi connectivity index (χ2v) is 5.59. The highest BCUT2D eigenvalue weighted by Crippen LogP contribution is 2.31. The van der Waals surface area contributed by atoms with Crippen molar-refractivity contribution in [2.45, 2.75) is 6.92 Å². The summed E-state index contributed by atoms with van der Waals surface area (Å²) in [6, 6.07) is 2.45. The number of halogens is 3. The molecule has 0 spiro atoms. The highest BCUT2D eigenvalue weighted by Gasteiger charge is 2.31. The Morgan fingerprint density at radius 3 is 2.81 bits per heavy atom. The Balaban J connectivity index is 2.05. The summed E-state index contributed by atoms with van der Waals surface area (Å²) in [4.78, 5) is 16.4. The van der Waals surface area contributed by atoms with Crippen LogP contribution in [0.1, 0.15) is 17.4 Å². The van der Waals surface area contributed by atoms with E-state index < -0.39 is 17.5 Å². The van der Waals surface area contributed by atoms with E-state index in [1.54, 1.807) is 0 Å². The van der Waals surface area contributed by atoms with E-state index in [-0.39, 0.29) is 34.1 Å². The van der Waals surface area contributed by atoms with E-state index in [9.17, 15) is 13.6 Å². The van der Waals surface area contributed by atoms with Gasteiger partial charge in [-0.1, -0.05) is 18.5 Å². The largest absolute Gasteiger partial charge is 0.348 e. The van der Waals surface area contributed by atoms with Crippen molar-refractivity contribution in [1.82, 2.24) is 9.88 Å². The van der Waals surface area contributed by atoms with Crippen LogP contribution in [0.4, 0.5) is 8.78 Å². The third kappa shape index (κ3) is 2.10. The second kappa shape index (κ2) is 4.80. The van der Waals surface area contributed by atoms with Crippen LogP contribution in [0.5, 0.6) is 0 Å². The fourth-order valence-corrected chi connectivity index (χ4v) is 2.76. The molecule has 2 heterocycles. The quantitative estimate of drug-likeness (QED) is 0.834. The molecule has 0 radical (unpaired) electrons. The molecular weight excluding hydrogens is 300 g/mol. The predicted octanol–water partition coefficient (Wildman–Crippen LogP) is 3.21. The van der Waals surface area contributed by atoms with Crippen LogP contribution in [0.15, 0.2) is 12.1 Å². The van der Waals surface area contributed by atoms with Gasteiger partial charge in [-0.3, -0.25) is 4.79 Å². The van der Waals surface area contributed by atoms with Crippen molar-refractivity contribution in [2.75, 3.05) is 13.1 Å². The molecule has 1 aliphatic rings. The first-order valence-corrected chi connectivity index (χ1v) is 6.79. The molecule has 1 saturated heterocycles. The molecule has 2 N–H and O–H groups in total. The summed E-state index contributed by atoms with van der Waals surface area (Å²) in [5.41, 5.74) is 0.452. The van der Waals surface area contributed by atoms with Gasteiger partial charge in [0.05, 0.1) is 22.5 Å². The normalized spacial score (nSPS) is 18.8. The van der Waals surface area contributed by atoms with Crippen molar-refractivity contribution in [3.8, 4) is 0 Å². The smallest absolute Gasteiger partial charge is 0.273 e. The molecule has 0 saturated carbocycles. The van der Waals surface area contributed by atoms with E-state index >= 15 is 0 Å². The van der Waals surface area contributed by atoms with Gasteiger partial charge in [0, 0.05) is 18.2 Å². The molecule has 0 aliphatic carbocycles. The molecule has 0 bridgehead atoms. The maximum Gasteiger partial charge on any atom is 0.273 e. The first kappa shape index (κ1) is 14.0. The lowest BCUT2D eigenvalue weighted by molar-refractivity contribution is 0.0782. The van der Waals surface area contributed by atoms with Crippen LogP contribution in [0.2, 0.25) is 5.02 Å². The van der Waals surface area contributed by atoms with E-state index in [2.05, 4.69) is 4.98 Å². The number of hydrogen-bond acceptors (Lipinski definition) is 2. The van der Waals surface area contributed by atoms with Gasteiger partial charge < -0.3 is 15.3 Å². The van der Waals surface area contributed by atoms with E-state index in [0.717, 1.165) is 6.07 Å². The molecule has 1 fully saturated rings. The van der Waals surface area contributed by atoms with Gasteiger partial charge in [0.2, 0.25) is 0 Å². The summed E-state index contributed by atoms with van der Waals surface area (Å²) in [6.07, 6.45) is 0. The lowest BCUT2D eigenvalue weighted by Gasteiger charge is -2.13. The second-order valence-electron chi connectivity index (χ2n) is 5.21.